The molecular weight excluding hydrogens is 366 g/mol. The van der Waals surface area contributed by atoms with E-state index in [0.29, 0.717) is 17.2 Å². The molecule has 0 atom stereocenters. The Balaban J connectivity index is 1.71. The summed E-state index contributed by atoms with van der Waals surface area (Å²) >= 11 is 12.1. The third kappa shape index (κ3) is 4.56. The molecule has 0 aromatic heterocycles. The molecule has 0 amide bonds. The molecule has 0 spiro atoms. The molecule has 0 saturated carbocycles. The van der Waals surface area contributed by atoms with Gasteiger partial charge in [0.05, 0.1) is 10.0 Å². The summed E-state index contributed by atoms with van der Waals surface area (Å²) in [6.07, 6.45) is 0. The van der Waals surface area contributed by atoms with E-state index in [4.69, 9.17) is 32.7 Å². The van der Waals surface area contributed by atoms with Crippen molar-refractivity contribution in [1.29, 1.82) is 0 Å². The van der Waals surface area contributed by atoms with Crippen molar-refractivity contribution in [3.63, 3.8) is 0 Å². The monoisotopic (exact) mass is 378 g/mol. The smallest absolute Gasteiger partial charge is 0.157 e. The second kappa shape index (κ2) is 7.64. The number of phenolic OH excluding ortho intramolecular Hbond substituents is 1. The van der Waals surface area contributed by atoms with Gasteiger partial charge in [0.1, 0.15) is 29.7 Å². The molecule has 25 heavy (non-hydrogen) atoms. The molecule has 3 aromatic rings. The summed E-state index contributed by atoms with van der Waals surface area (Å²) in [6, 6.07) is 15.7. The molecule has 3 aromatic carbocycles. The van der Waals surface area contributed by atoms with E-state index in [1.807, 2.05) is 12.1 Å². The first-order valence-electron chi connectivity index (χ1n) is 7.34. The SMILES string of the molecule is Oc1cc(Cl)c(OCc2cccc(Oc3ccc(F)cc3)c2)c(Cl)c1. The first-order valence-corrected chi connectivity index (χ1v) is 8.10. The van der Waals surface area contributed by atoms with Crippen LogP contribution in [-0.2, 0) is 6.61 Å². The van der Waals surface area contributed by atoms with Crippen molar-refractivity contribution < 1.29 is 19.0 Å². The Kier molecular flexibility index (Phi) is 5.31. The lowest BCUT2D eigenvalue weighted by molar-refractivity contribution is 0.305. The molecule has 0 heterocycles. The number of hydrogen-bond donors (Lipinski definition) is 1. The fourth-order valence-electron chi connectivity index (χ4n) is 2.18. The third-order valence-electron chi connectivity index (χ3n) is 3.31. The second-order valence-corrected chi connectivity index (χ2v) is 6.05. The highest BCUT2D eigenvalue weighted by atomic mass is 35.5. The molecule has 128 valence electrons. The van der Waals surface area contributed by atoms with Gasteiger partial charge in [0.2, 0.25) is 0 Å². The number of aromatic hydroxyl groups is 1. The first-order chi connectivity index (χ1) is 12.0. The summed E-state index contributed by atoms with van der Waals surface area (Å²) in [6.45, 7) is 0.213. The van der Waals surface area contributed by atoms with Crippen LogP contribution in [0.25, 0.3) is 0 Å². The van der Waals surface area contributed by atoms with Crippen LogP contribution in [0.3, 0.4) is 0 Å². The van der Waals surface area contributed by atoms with Gasteiger partial charge >= 0.3 is 0 Å². The van der Waals surface area contributed by atoms with Gasteiger partial charge in [-0.2, -0.15) is 0 Å². The molecule has 0 fully saturated rings. The average Bonchev–Trinajstić information content (AvgIpc) is 2.56. The van der Waals surface area contributed by atoms with Crippen LogP contribution >= 0.6 is 23.2 Å². The van der Waals surface area contributed by atoms with E-state index in [1.54, 1.807) is 24.3 Å². The van der Waals surface area contributed by atoms with Gasteiger partial charge in [0.15, 0.2) is 5.75 Å². The van der Waals surface area contributed by atoms with E-state index in [0.717, 1.165) is 5.56 Å². The molecule has 0 aliphatic heterocycles. The Morgan fingerprint density at radius 1 is 0.880 bits per heavy atom. The maximum absolute atomic E-state index is 12.9. The second-order valence-electron chi connectivity index (χ2n) is 5.23. The van der Waals surface area contributed by atoms with Gasteiger partial charge in [-0.25, -0.2) is 4.39 Å². The van der Waals surface area contributed by atoms with E-state index in [2.05, 4.69) is 0 Å². The quantitative estimate of drug-likeness (QED) is 0.573. The minimum atomic E-state index is -0.322. The zero-order chi connectivity index (χ0) is 17.8. The Morgan fingerprint density at radius 2 is 1.56 bits per heavy atom. The third-order valence-corrected chi connectivity index (χ3v) is 3.88. The van der Waals surface area contributed by atoms with Crippen LogP contribution in [-0.4, -0.2) is 5.11 Å². The van der Waals surface area contributed by atoms with Gasteiger partial charge in [0, 0.05) is 12.1 Å². The lowest BCUT2D eigenvalue weighted by Gasteiger charge is -2.11. The van der Waals surface area contributed by atoms with E-state index < -0.39 is 0 Å². The molecule has 0 radical (unpaired) electrons. The molecule has 0 unspecified atom stereocenters. The summed E-state index contributed by atoms with van der Waals surface area (Å²) in [4.78, 5) is 0. The van der Waals surface area contributed by atoms with Crippen molar-refractivity contribution in [1.82, 2.24) is 0 Å². The minimum Gasteiger partial charge on any atom is -0.508 e. The van der Waals surface area contributed by atoms with Crippen LogP contribution in [0, 0.1) is 5.82 Å². The normalized spacial score (nSPS) is 10.5. The number of benzene rings is 3. The topological polar surface area (TPSA) is 38.7 Å². The van der Waals surface area contributed by atoms with Crippen molar-refractivity contribution in [2.45, 2.75) is 6.61 Å². The predicted molar refractivity (Wildman–Crippen MR) is 95.4 cm³/mol. The molecule has 0 aliphatic carbocycles. The van der Waals surface area contributed by atoms with Gasteiger partial charge in [-0.05, 0) is 42.0 Å². The van der Waals surface area contributed by atoms with Gasteiger partial charge < -0.3 is 14.6 Å². The maximum atomic E-state index is 12.9. The standard InChI is InChI=1S/C19H13Cl2FO3/c20-17-9-14(23)10-18(21)19(17)24-11-12-2-1-3-16(8-12)25-15-6-4-13(22)5-7-15/h1-10,23H,11H2. The molecule has 3 nitrogen and oxygen atoms in total. The summed E-state index contributed by atoms with van der Waals surface area (Å²) < 4.78 is 24.3. The number of halogens is 3. The van der Waals surface area contributed by atoms with Gasteiger partial charge in [-0.1, -0.05) is 35.3 Å². The maximum Gasteiger partial charge on any atom is 0.157 e. The van der Waals surface area contributed by atoms with Crippen molar-refractivity contribution in [3.05, 3.63) is 82.1 Å². The van der Waals surface area contributed by atoms with E-state index in [9.17, 15) is 9.50 Å². The summed E-state index contributed by atoms with van der Waals surface area (Å²) in [5, 5.41) is 9.88. The number of ether oxygens (including phenoxy) is 2. The highest BCUT2D eigenvalue weighted by Crippen LogP contribution is 2.37. The van der Waals surface area contributed by atoms with Crippen molar-refractivity contribution in [2.24, 2.45) is 0 Å². The molecule has 6 heteroatoms. The summed E-state index contributed by atoms with van der Waals surface area (Å²) in [5.41, 5.74) is 0.833. The Bertz CT molecular complexity index is 859. The Labute approximate surface area is 154 Å². The Morgan fingerprint density at radius 3 is 2.24 bits per heavy atom. The fourth-order valence-corrected chi connectivity index (χ4v) is 2.76. The zero-order valence-corrected chi connectivity index (χ0v) is 14.4. The van der Waals surface area contributed by atoms with Crippen LogP contribution in [0.4, 0.5) is 4.39 Å². The lowest BCUT2D eigenvalue weighted by Crippen LogP contribution is -1.97. The van der Waals surface area contributed by atoms with E-state index in [1.165, 1.54) is 24.3 Å². The van der Waals surface area contributed by atoms with E-state index >= 15 is 0 Å². The van der Waals surface area contributed by atoms with Crippen LogP contribution in [0.15, 0.2) is 60.7 Å². The van der Waals surface area contributed by atoms with E-state index in [-0.39, 0.29) is 28.2 Å². The van der Waals surface area contributed by atoms with Crippen LogP contribution in [0.2, 0.25) is 10.0 Å². The first kappa shape index (κ1) is 17.4. The van der Waals surface area contributed by atoms with Crippen LogP contribution in [0.5, 0.6) is 23.0 Å². The largest absolute Gasteiger partial charge is 0.508 e. The number of phenols is 1. The van der Waals surface area contributed by atoms with Crippen LogP contribution in [0.1, 0.15) is 5.56 Å². The molecule has 3 rings (SSSR count). The summed E-state index contributed by atoms with van der Waals surface area (Å²) in [7, 11) is 0. The molecule has 1 N–H and O–H groups in total. The zero-order valence-electron chi connectivity index (χ0n) is 12.9. The average molecular weight is 379 g/mol. The molecule has 0 bridgehead atoms. The lowest BCUT2D eigenvalue weighted by atomic mass is 10.2. The highest BCUT2D eigenvalue weighted by molar-refractivity contribution is 6.37. The number of rotatable bonds is 5. The van der Waals surface area contributed by atoms with Gasteiger partial charge in [-0.15, -0.1) is 0 Å². The van der Waals surface area contributed by atoms with Gasteiger partial charge in [0.25, 0.3) is 0 Å². The minimum absolute atomic E-state index is 0.0305. The van der Waals surface area contributed by atoms with Crippen LogP contribution < -0.4 is 9.47 Å². The Hall–Kier alpha value is -2.43. The summed E-state index contributed by atoms with van der Waals surface area (Å²) in [5.74, 6) is 1.07. The fraction of sp³-hybridized carbons (Fsp3) is 0.0526. The van der Waals surface area contributed by atoms with Gasteiger partial charge in [-0.3, -0.25) is 0 Å². The molecule has 0 aliphatic rings. The van der Waals surface area contributed by atoms with Crippen molar-refractivity contribution in [2.75, 3.05) is 0 Å². The predicted octanol–water partition coefficient (Wildman–Crippen LogP) is 6.21. The molecule has 0 saturated heterocycles. The number of hydrogen-bond acceptors (Lipinski definition) is 3. The molecular formula is C19H13Cl2FO3. The highest BCUT2D eigenvalue weighted by Gasteiger charge is 2.10. The van der Waals surface area contributed by atoms with Crippen molar-refractivity contribution in [3.8, 4) is 23.0 Å². The van der Waals surface area contributed by atoms with Crippen molar-refractivity contribution >= 4 is 23.2 Å².